The van der Waals surface area contributed by atoms with Gasteiger partial charge in [-0.3, -0.25) is 0 Å². The van der Waals surface area contributed by atoms with Gasteiger partial charge in [0.15, 0.2) is 0 Å². The lowest BCUT2D eigenvalue weighted by Gasteiger charge is -2.01. The van der Waals surface area contributed by atoms with Crippen LogP contribution in [0.25, 0.3) is 0 Å². The first-order valence-corrected chi connectivity index (χ1v) is 3.83. The molecule has 64 valence electrons. The van der Waals surface area contributed by atoms with E-state index in [0.29, 0.717) is 10.7 Å². The number of hydrogen-bond acceptors (Lipinski definition) is 3. The number of nitrogen functional groups attached to an aromatic ring is 1. The number of benzene rings is 1. The topological polar surface area (TPSA) is 64.4 Å². The van der Waals surface area contributed by atoms with Gasteiger partial charge in [-0.2, -0.15) is 5.10 Å². The van der Waals surface area contributed by atoms with Crippen LogP contribution >= 0.6 is 11.6 Å². The van der Waals surface area contributed by atoms with E-state index < -0.39 is 0 Å². The first-order chi connectivity index (χ1) is 5.65. The molecule has 1 aromatic carbocycles. The van der Waals surface area contributed by atoms with Crippen LogP contribution in [0.5, 0.6) is 0 Å². The van der Waals surface area contributed by atoms with Gasteiger partial charge in [0.05, 0.1) is 16.4 Å². The minimum Gasteiger partial charge on any atom is -0.398 e. The fraction of sp³-hybridized carbons (Fsp3) is 0.125. The third kappa shape index (κ3) is 1.68. The molecule has 0 unspecified atom stereocenters. The lowest BCUT2D eigenvalue weighted by molar-refractivity contribution is 1.24. The van der Waals surface area contributed by atoms with Crippen molar-refractivity contribution in [1.29, 1.82) is 0 Å². The second kappa shape index (κ2) is 3.45. The van der Waals surface area contributed by atoms with Crippen molar-refractivity contribution in [3.8, 4) is 0 Å². The third-order valence-corrected chi connectivity index (χ3v) is 1.95. The number of nitrogens with two attached hydrogens (primary N) is 2. The molecule has 0 amide bonds. The predicted octanol–water partition coefficient (Wildman–Crippen LogP) is 1.60. The average molecular weight is 184 g/mol. The van der Waals surface area contributed by atoms with E-state index in [1.807, 2.05) is 13.0 Å². The standard InChI is InChI=1S/C8H10ClN3/c1-5(12-11)6-2-3-7(9)8(10)4-6/h2-4H,10-11H2,1H3/b12-5-. The van der Waals surface area contributed by atoms with Crippen LogP contribution in [-0.4, -0.2) is 5.71 Å². The molecule has 12 heavy (non-hydrogen) atoms. The lowest BCUT2D eigenvalue weighted by atomic mass is 10.1. The highest BCUT2D eigenvalue weighted by Gasteiger charge is 2.00. The minimum atomic E-state index is 0.539. The molecule has 0 aliphatic carbocycles. The van der Waals surface area contributed by atoms with Crippen molar-refractivity contribution in [2.24, 2.45) is 10.9 Å². The Morgan fingerprint density at radius 2 is 2.17 bits per heavy atom. The van der Waals surface area contributed by atoms with Crippen molar-refractivity contribution in [3.63, 3.8) is 0 Å². The average Bonchev–Trinajstić information content (AvgIpc) is 2.08. The maximum Gasteiger partial charge on any atom is 0.0642 e. The van der Waals surface area contributed by atoms with E-state index in [9.17, 15) is 0 Å². The normalized spacial score (nSPS) is 11.7. The maximum atomic E-state index is 5.73. The summed E-state index contributed by atoms with van der Waals surface area (Å²) in [5.41, 5.74) is 7.75. The summed E-state index contributed by atoms with van der Waals surface area (Å²) < 4.78 is 0. The molecule has 0 heterocycles. The molecule has 0 saturated heterocycles. The van der Waals surface area contributed by atoms with Gasteiger partial charge in [-0.25, -0.2) is 0 Å². The fourth-order valence-electron chi connectivity index (χ4n) is 0.843. The van der Waals surface area contributed by atoms with E-state index >= 15 is 0 Å². The van der Waals surface area contributed by atoms with Crippen LogP contribution in [0.2, 0.25) is 5.02 Å². The van der Waals surface area contributed by atoms with Crippen molar-refractivity contribution >= 4 is 23.0 Å². The molecule has 4 heteroatoms. The zero-order valence-electron chi connectivity index (χ0n) is 6.71. The van der Waals surface area contributed by atoms with E-state index in [2.05, 4.69) is 5.10 Å². The first kappa shape index (κ1) is 8.87. The summed E-state index contributed by atoms with van der Waals surface area (Å²) in [7, 11) is 0. The smallest absolute Gasteiger partial charge is 0.0642 e. The SMILES string of the molecule is C/C(=N/N)c1ccc(Cl)c(N)c1. The van der Waals surface area contributed by atoms with Crippen molar-refractivity contribution in [2.75, 3.05) is 5.73 Å². The molecule has 0 aliphatic rings. The molecular formula is C8H10ClN3. The van der Waals surface area contributed by atoms with Crippen molar-refractivity contribution < 1.29 is 0 Å². The van der Waals surface area contributed by atoms with Gasteiger partial charge in [0.1, 0.15) is 0 Å². The molecule has 0 atom stereocenters. The third-order valence-electron chi connectivity index (χ3n) is 1.61. The Balaban J connectivity index is 3.13. The Morgan fingerprint density at radius 1 is 1.50 bits per heavy atom. The minimum absolute atomic E-state index is 0.539. The Bertz CT molecular complexity index is 320. The van der Waals surface area contributed by atoms with Gasteiger partial charge in [0.25, 0.3) is 0 Å². The van der Waals surface area contributed by atoms with Gasteiger partial charge in [-0.1, -0.05) is 17.7 Å². The largest absolute Gasteiger partial charge is 0.398 e. The van der Waals surface area contributed by atoms with Crippen LogP contribution in [-0.2, 0) is 0 Å². The Labute approximate surface area is 76.0 Å². The lowest BCUT2D eigenvalue weighted by Crippen LogP contribution is -1.99. The van der Waals surface area contributed by atoms with Crippen LogP contribution < -0.4 is 11.6 Å². The number of halogens is 1. The highest BCUT2D eigenvalue weighted by molar-refractivity contribution is 6.33. The van der Waals surface area contributed by atoms with Gasteiger partial charge in [0.2, 0.25) is 0 Å². The predicted molar refractivity (Wildman–Crippen MR) is 52.3 cm³/mol. The van der Waals surface area contributed by atoms with Crippen molar-refractivity contribution in [3.05, 3.63) is 28.8 Å². The highest BCUT2D eigenvalue weighted by atomic mass is 35.5. The quantitative estimate of drug-likeness (QED) is 0.301. The molecule has 0 aromatic heterocycles. The summed E-state index contributed by atoms with van der Waals surface area (Å²) in [6, 6.07) is 5.29. The van der Waals surface area contributed by atoms with E-state index in [0.717, 1.165) is 11.3 Å². The Morgan fingerprint density at radius 3 is 2.67 bits per heavy atom. The number of anilines is 1. The molecule has 1 aromatic rings. The maximum absolute atomic E-state index is 5.73. The zero-order chi connectivity index (χ0) is 9.14. The van der Waals surface area contributed by atoms with Crippen molar-refractivity contribution in [1.82, 2.24) is 0 Å². The van der Waals surface area contributed by atoms with Crippen LogP contribution in [0.4, 0.5) is 5.69 Å². The van der Waals surface area contributed by atoms with Crippen LogP contribution in [0.1, 0.15) is 12.5 Å². The number of hydrogen-bond donors (Lipinski definition) is 2. The summed E-state index contributed by atoms with van der Waals surface area (Å²) in [6.07, 6.45) is 0. The molecule has 0 aliphatic heterocycles. The van der Waals surface area contributed by atoms with Gasteiger partial charge in [0, 0.05) is 0 Å². The van der Waals surface area contributed by atoms with Crippen LogP contribution in [0.3, 0.4) is 0 Å². The molecule has 1 rings (SSSR count). The van der Waals surface area contributed by atoms with Crippen LogP contribution in [0, 0.1) is 0 Å². The Hall–Kier alpha value is -1.22. The molecular weight excluding hydrogens is 174 g/mol. The molecule has 4 N–H and O–H groups in total. The number of rotatable bonds is 1. The van der Waals surface area contributed by atoms with Gasteiger partial charge in [-0.05, 0) is 24.6 Å². The van der Waals surface area contributed by atoms with E-state index in [4.69, 9.17) is 23.2 Å². The zero-order valence-corrected chi connectivity index (χ0v) is 7.47. The molecule has 0 radical (unpaired) electrons. The summed E-state index contributed by atoms with van der Waals surface area (Å²) in [6.45, 7) is 1.81. The van der Waals surface area contributed by atoms with Gasteiger partial charge in [-0.15, -0.1) is 0 Å². The highest BCUT2D eigenvalue weighted by Crippen LogP contribution is 2.19. The summed E-state index contributed by atoms with van der Waals surface area (Å²) >= 11 is 5.73. The number of nitrogens with zero attached hydrogens (tertiary/aromatic N) is 1. The molecule has 0 fully saturated rings. The first-order valence-electron chi connectivity index (χ1n) is 3.45. The molecule has 0 bridgehead atoms. The van der Waals surface area contributed by atoms with E-state index in [-0.39, 0.29) is 0 Å². The summed E-state index contributed by atoms with van der Waals surface area (Å²) in [5.74, 6) is 5.11. The monoisotopic (exact) mass is 183 g/mol. The Kier molecular flexibility index (Phi) is 2.55. The molecule has 0 saturated carbocycles. The molecule has 3 nitrogen and oxygen atoms in total. The van der Waals surface area contributed by atoms with E-state index in [1.54, 1.807) is 12.1 Å². The second-order valence-electron chi connectivity index (χ2n) is 2.45. The summed E-state index contributed by atoms with van der Waals surface area (Å²) in [4.78, 5) is 0. The van der Waals surface area contributed by atoms with Gasteiger partial charge < -0.3 is 11.6 Å². The summed E-state index contributed by atoms with van der Waals surface area (Å²) in [5, 5.41) is 4.09. The fourth-order valence-corrected chi connectivity index (χ4v) is 0.961. The van der Waals surface area contributed by atoms with Gasteiger partial charge >= 0.3 is 0 Å². The number of hydrazone groups is 1. The second-order valence-corrected chi connectivity index (χ2v) is 2.86. The van der Waals surface area contributed by atoms with Crippen LogP contribution in [0.15, 0.2) is 23.3 Å². The molecule has 0 spiro atoms. The van der Waals surface area contributed by atoms with Crippen molar-refractivity contribution in [2.45, 2.75) is 6.92 Å². The van der Waals surface area contributed by atoms with E-state index in [1.165, 1.54) is 0 Å².